The molecule has 3 aliphatic rings. The standard InChI is InChI=1S/C22H34ClN3O7/c1-11-8-21(29,10-26-9-12-4-6-13(23)7-5-12)22(30)20(31-11)32-19-17(28)14(24-2)16(27)15(25-3)18(19)33-22/h4-7,11,14-20,24-30H,8-10H2,1-3H3/t11-,14-,15+,16+,17+,18-,19?,20+,21-,22-/m1/s1. The third kappa shape index (κ3) is 4.43. The van der Waals surface area contributed by atoms with E-state index in [1.807, 2.05) is 12.1 Å². The van der Waals surface area contributed by atoms with E-state index in [9.17, 15) is 20.4 Å². The van der Waals surface area contributed by atoms with Gasteiger partial charge in [0.1, 0.15) is 23.9 Å². The lowest BCUT2D eigenvalue weighted by Crippen LogP contribution is -2.81. The highest BCUT2D eigenvalue weighted by atomic mass is 35.5. The molecule has 2 saturated heterocycles. The molecule has 3 fully saturated rings. The summed E-state index contributed by atoms with van der Waals surface area (Å²) in [5.74, 6) is -2.23. The molecule has 1 aromatic carbocycles. The number of benzene rings is 1. The van der Waals surface area contributed by atoms with Crippen molar-refractivity contribution in [3.63, 3.8) is 0 Å². The highest BCUT2D eigenvalue weighted by Gasteiger charge is 2.68. The van der Waals surface area contributed by atoms with E-state index >= 15 is 0 Å². The van der Waals surface area contributed by atoms with Crippen molar-refractivity contribution in [3.05, 3.63) is 34.9 Å². The Morgan fingerprint density at radius 3 is 2.30 bits per heavy atom. The lowest BCUT2D eigenvalue weighted by Gasteiger charge is -2.60. The van der Waals surface area contributed by atoms with Gasteiger partial charge in [-0.2, -0.15) is 0 Å². The van der Waals surface area contributed by atoms with Crippen LogP contribution in [0.15, 0.2) is 24.3 Å². The quantitative estimate of drug-likeness (QED) is 0.258. The first kappa shape index (κ1) is 25.2. The van der Waals surface area contributed by atoms with E-state index in [1.165, 1.54) is 0 Å². The molecule has 0 aromatic heterocycles. The molecule has 2 aliphatic heterocycles. The lowest BCUT2D eigenvalue weighted by molar-refractivity contribution is -0.482. The van der Waals surface area contributed by atoms with Gasteiger partial charge in [0.15, 0.2) is 0 Å². The minimum atomic E-state index is -2.23. The largest absolute Gasteiger partial charge is 0.390 e. The molecule has 1 aliphatic carbocycles. The zero-order valence-corrected chi connectivity index (χ0v) is 19.7. The number of nitrogens with one attached hydrogen (secondary N) is 3. The van der Waals surface area contributed by atoms with E-state index < -0.39 is 60.3 Å². The Bertz CT molecular complexity index is 820. The van der Waals surface area contributed by atoms with Gasteiger partial charge in [-0.25, -0.2) is 0 Å². The van der Waals surface area contributed by atoms with Gasteiger partial charge >= 0.3 is 0 Å². The number of aliphatic hydroxyl groups excluding tert-OH is 2. The second-order valence-corrected chi connectivity index (χ2v) is 9.67. The highest BCUT2D eigenvalue weighted by molar-refractivity contribution is 6.30. The molecule has 186 valence electrons. The van der Waals surface area contributed by atoms with Crippen LogP contribution in [-0.2, 0) is 20.8 Å². The van der Waals surface area contributed by atoms with Crippen molar-refractivity contribution in [2.45, 2.75) is 80.2 Å². The van der Waals surface area contributed by atoms with Gasteiger partial charge in [-0.1, -0.05) is 23.7 Å². The molecule has 1 aromatic rings. The summed E-state index contributed by atoms with van der Waals surface area (Å²) in [6.45, 7) is 2.20. The Labute approximate surface area is 198 Å². The van der Waals surface area contributed by atoms with E-state index in [0.717, 1.165) is 5.56 Å². The molecular formula is C22H34ClN3O7. The average molecular weight is 488 g/mol. The molecule has 0 amide bonds. The van der Waals surface area contributed by atoms with Crippen molar-refractivity contribution >= 4 is 11.6 Å². The van der Waals surface area contributed by atoms with Crippen molar-refractivity contribution in [2.24, 2.45) is 0 Å². The maximum Gasteiger partial charge on any atom is 0.249 e. The number of hydrogen-bond donors (Lipinski definition) is 7. The molecule has 11 heteroatoms. The Morgan fingerprint density at radius 1 is 1.00 bits per heavy atom. The van der Waals surface area contributed by atoms with E-state index in [0.29, 0.717) is 11.6 Å². The fourth-order valence-corrected chi connectivity index (χ4v) is 5.37. The Kier molecular flexibility index (Phi) is 7.36. The van der Waals surface area contributed by atoms with Crippen LogP contribution in [0.25, 0.3) is 0 Å². The van der Waals surface area contributed by atoms with E-state index in [4.69, 9.17) is 25.8 Å². The third-order valence-corrected chi connectivity index (χ3v) is 7.26. The van der Waals surface area contributed by atoms with Crippen LogP contribution in [-0.4, -0.2) is 101 Å². The van der Waals surface area contributed by atoms with E-state index in [-0.39, 0.29) is 13.0 Å². The Balaban J connectivity index is 1.56. The SMILES string of the molecule is CN[C@@H]1[C@H](O)[C@H](NC)[C@H]2O[C@]3(O)[C@H](OC2[C@H]1O)O[C@H](C)C[C@@]3(O)CNCc1ccc(Cl)cc1. The van der Waals surface area contributed by atoms with Crippen molar-refractivity contribution in [2.75, 3.05) is 20.6 Å². The van der Waals surface area contributed by atoms with Crippen LogP contribution < -0.4 is 16.0 Å². The number of fused-ring (bicyclic) bond motifs is 2. The summed E-state index contributed by atoms with van der Waals surface area (Å²) < 4.78 is 17.9. The van der Waals surface area contributed by atoms with Gasteiger partial charge < -0.3 is 50.6 Å². The first-order valence-electron chi connectivity index (χ1n) is 11.2. The van der Waals surface area contributed by atoms with Crippen LogP contribution >= 0.6 is 11.6 Å². The van der Waals surface area contributed by atoms with Crippen LogP contribution in [0.3, 0.4) is 0 Å². The van der Waals surface area contributed by atoms with Gasteiger partial charge in [0.2, 0.25) is 12.1 Å². The summed E-state index contributed by atoms with van der Waals surface area (Å²) in [6, 6.07) is 5.94. The first-order chi connectivity index (χ1) is 15.6. The van der Waals surface area contributed by atoms with Crippen LogP contribution in [0.5, 0.6) is 0 Å². The average Bonchev–Trinajstić information content (AvgIpc) is 2.76. The van der Waals surface area contributed by atoms with Gasteiger partial charge in [-0.15, -0.1) is 0 Å². The van der Waals surface area contributed by atoms with Crippen molar-refractivity contribution < 1.29 is 34.6 Å². The molecule has 7 N–H and O–H groups in total. The number of rotatable bonds is 6. The van der Waals surface area contributed by atoms with Gasteiger partial charge in [0.25, 0.3) is 0 Å². The molecular weight excluding hydrogens is 454 g/mol. The molecule has 1 unspecified atom stereocenters. The van der Waals surface area contributed by atoms with Gasteiger partial charge in [-0.05, 0) is 38.7 Å². The number of likely N-dealkylation sites (N-methyl/N-ethyl adjacent to an activating group) is 2. The van der Waals surface area contributed by atoms with Crippen LogP contribution in [0, 0.1) is 0 Å². The number of hydrogen-bond acceptors (Lipinski definition) is 10. The monoisotopic (exact) mass is 487 g/mol. The van der Waals surface area contributed by atoms with Crippen LogP contribution in [0.1, 0.15) is 18.9 Å². The minimum Gasteiger partial charge on any atom is -0.390 e. The molecule has 0 radical (unpaired) electrons. The zero-order chi connectivity index (χ0) is 24.0. The fourth-order valence-electron chi connectivity index (χ4n) is 5.24. The number of ether oxygens (including phenoxy) is 3. The molecule has 2 heterocycles. The van der Waals surface area contributed by atoms with Crippen molar-refractivity contribution in [1.82, 2.24) is 16.0 Å². The number of halogens is 1. The fraction of sp³-hybridized carbons (Fsp3) is 0.727. The molecule has 1 saturated carbocycles. The van der Waals surface area contributed by atoms with Crippen LogP contribution in [0.4, 0.5) is 0 Å². The Morgan fingerprint density at radius 2 is 1.67 bits per heavy atom. The summed E-state index contributed by atoms with van der Waals surface area (Å²) in [6.07, 6.45) is -5.67. The minimum absolute atomic E-state index is 0.00839. The lowest BCUT2D eigenvalue weighted by atomic mass is 9.77. The summed E-state index contributed by atoms with van der Waals surface area (Å²) in [7, 11) is 3.28. The molecule has 10 nitrogen and oxygen atoms in total. The summed E-state index contributed by atoms with van der Waals surface area (Å²) >= 11 is 5.94. The van der Waals surface area contributed by atoms with Crippen LogP contribution in [0.2, 0.25) is 5.02 Å². The zero-order valence-electron chi connectivity index (χ0n) is 18.9. The topological polar surface area (TPSA) is 145 Å². The van der Waals surface area contributed by atoms with Crippen molar-refractivity contribution in [1.29, 1.82) is 0 Å². The van der Waals surface area contributed by atoms with Gasteiger partial charge in [0.05, 0.1) is 24.3 Å². The van der Waals surface area contributed by atoms with Crippen molar-refractivity contribution in [3.8, 4) is 0 Å². The van der Waals surface area contributed by atoms with Gasteiger partial charge in [-0.3, -0.25) is 0 Å². The molecule has 4 rings (SSSR count). The smallest absolute Gasteiger partial charge is 0.249 e. The van der Waals surface area contributed by atoms with E-state index in [2.05, 4.69) is 16.0 Å². The van der Waals surface area contributed by atoms with E-state index in [1.54, 1.807) is 33.2 Å². The summed E-state index contributed by atoms with van der Waals surface area (Å²) in [5, 5.41) is 54.5. The second-order valence-electron chi connectivity index (χ2n) is 9.23. The second kappa shape index (κ2) is 9.63. The summed E-state index contributed by atoms with van der Waals surface area (Å²) in [5.41, 5.74) is -0.805. The molecule has 33 heavy (non-hydrogen) atoms. The maximum absolute atomic E-state index is 11.6. The molecule has 10 atom stereocenters. The molecule has 0 bridgehead atoms. The maximum atomic E-state index is 11.6. The Hall–Kier alpha value is -0.890. The first-order valence-corrected chi connectivity index (χ1v) is 11.6. The predicted octanol–water partition coefficient (Wildman–Crippen LogP) is -1.32. The molecule has 0 spiro atoms. The highest BCUT2D eigenvalue weighted by Crippen LogP contribution is 2.46. The predicted molar refractivity (Wildman–Crippen MR) is 119 cm³/mol. The van der Waals surface area contributed by atoms with Gasteiger partial charge in [0, 0.05) is 24.5 Å². The third-order valence-electron chi connectivity index (χ3n) is 7.01. The summed E-state index contributed by atoms with van der Waals surface area (Å²) in [4.78, 5) is 0. The number of aliphatic hydroxyl groups is 4. The normalized spacial score (nSPS) is 45.3.